The molecule has 2 rings (SSSR count). The van der Waals surface area contributed by atoms with E-state index in [1.807, 2.05) is 12.1 Å². The van der Waals surface area contributed by atoms with E-state index >= 15 is 0 Å². The van der Waals surface area contributed by atoms with Crippen LogP contribution in [0, 0.1) is 12.8 Å². The molecular formula is C14H19BrN2. The van der Waals surface area contributed by atoms with E-state index in [9.17, 15) is 0 Å². The van der Waals surface area contributed by atoms with Crippen LogP contribution in [0.3, 0.4) is 0 Å². The minimum atomic E-state index is 0.493. The van der Waals surface area contributed by atoms with E-state index in [4.69, 9.17) is 5.73 Å². The SMILES string of the molecule is Cc1cc(N=C(N)C2CCCCC2)ccc1Br. The Balaban J connectivity index is 2.13. The molecule has 1 aliphatic rings. The smallest absolute Gasteiger partial charge is 0.103 e. The van der Waals surface area contributed by atoms with Gasteiger partial charge in [-0.3, -0.25) is 0 Å². The number of halogens is 1. The van der Waals surface area contributed by atoms with Crippen molar-refractivity contribution in [3.63, 3.8) is 0 Å². The number of nitrogens with zero attached hydrogens (tertiary/aromatic N) is 1. The Labute approximate surface area is 111 Å². The van der Waals surface area contributed by atoms with Crippen LogP contribution in [0.4, 0.5) is 5.69 Å². The van der Waals surface area contributed by atoms with Crippen LogP contribution in [0.2, 0.25) is 0 Å². The van der Waals surface area contributed by atoms with E-state index in [1.165, 1.54) is 37.7 Å². The third-order valence-corrected chi connectivity index (χ3v) is 4.31. The van der Waals surface area contributed by atoms with E-state index in [2.05, 4.69) is 33.9 Å². The fraction of sp³-hybridized carbons (Fsp3) is 0.500. The van der Waals surface area contributed by atoms with Crippen molar-refractivity contribution >= 4 is 27.5 Å². The van der Waals surface area contributed by atoms with Gasteiger partial charge in [0, 0.05) is 10.4 Å². The molecule has 1 aromatic carbocycles. The number of amidine groups is 1. The van der Waals surface area contributed by atoms with E-state index in [0.717, 1.165) is 16.0 Å². The Morgan fingerprint density at radius 3 is 2.65 bits per heavy atom. The van der Waals surface area contributed by atoms with Crippen molar-refractivity contribution in [1.82, 2.24) is 0 Å². The molecule has 1 fully saturated rings. The van der Waals surface area contributed by atoms with E-state index < -0.39 is 0 Å². The lowest BCUT2D eigenvalue weighted by Crippen LogP contribution is -2.25. The molecule has 2 nitrogen and oxygen atoms in total. The molecule has 0 heterocycles. The van der Waals surface area contributed by atoms with Gasteiger partial charge in [-0.1, -0.05) is 35.2 Å². The van der Waals surface area contributed by atoms with Crippen molar-refractivity contribution in [3.8, 4) is 0 Å². The van der Waals surface area contributed by atoms with Gasteiger partial charge in [0.2, 0.25) is 0 Å². The average Bonchev–Trinajstić information content (AvgIpc) is 2.35. The van der Waals surface area contributed by atoms with Crippen molar-refractivity contribution in [1.29, 1.82) is 0 Å². The lowest BCUT2D eigenvalue weighted by Gasteiger charge is -2.20. The van der Waals surface area contributed by atoms with Crippen LogP contribution in [0.15, 0.2) is 27.7 Å². The summed E-state index contributed by atoms with van der Waals surface area (Å²) in [5.74, 6) is 1.30. The van der Waals surface area contributed by atoms with Crippen LogP contribution >= 0.6 is 15.9 Å². The summed E-state index contributed by atoms with van der Waals surface area (Å²) >= 11 is 3.49. The topological polar surface area (TPSA) is 38.4 Å². The Morgan fingerprint density at radius 1 is 1.29 bits per heavy atom. The number of aliphatic imine (C=N–C) groups is 1. The molecule has 17 heavy (non-hydrogen) atoms. The summed E-state index contributed by atoms with van der Waals surface area (Å²) in [6, 6.07) is 6.11. The van der Waals surface area contributed by atoms with E-state index in [0.29, 0.717) is 5.92 Å². The van der Waals surface area contributed by atoms with E-state index in [-0.39, 0.29) is 0 Å². The molecule has 0 aliphatic heterocycles. The van der Waals surface area contributed by atoms with Gasteiger partial charge >= 0.3 is 0 Å². The molecule has 0 spiro atoms. The van der Waals surface area contributed by atoms with Crippen molar-refractivity contribution in [2.75, 3.05) is 0 Å². The predicted octanol–water partition coefficient (Wildman–Crippen LogP) is 4.33. The normalized spacial score (nSPS) is 18.4. The third-order valence-electron chi connectivity index (χ3n) is 3.42. The molecule has 3 heteroatoms. The highest BCUT2D eigenvalue weighted by Crippen LogP contribution is 2.26. The van der Waals surface area contributed by atoms with Crippen LogP contribution < -0.4 is 5.73 Å². The first-order valence-electron chi connectivity index (χ1n) is 6.27. The second kappa shape index (κ2) is 5.67. The van der Waals surface area contributed by atoms with Gasteiger partial charge in [0.05, 0.1) is 5.69 Å². The van der Waals surface area contributed by atoms with Gasteiger partial charge in [-0.05, 0) is 43.5 Å². The lowest BCUT2D eigenvalue weighted by atomic mass is 9.88. The highest BCUT2D eigenvalue weighted by atomic mass is 79.9. The maximum atomic E-state index is 6.11. The number of aryl methyl sites for hydroxylation is 1. The first kappa shape index (κ1) is 12.6. The van der Waals surface area contributed by atoms with Gasteiger partial charge in [-0.2, -0.15) is 0 Å². The second-order valence-corrected chi connectivity index (χ2v) is 5.66. The first-order valence-corrected chi connectivity index (χ1v) is 7.06. The Morgan fingerprint density at radius 2 is 2.00 bits per heavy atom. The Hall–Kier alpha value is -0.830. The molecule has 0 aromatic heterocycles. The van der Waals surface area contributed by atoms with Crippen molar-refractivity contribution in [2.24, 2.45) is 16.6 Å². The summed E-state index contributed by atoms with van der Waals surface area (Å²) in [5.41, 5.74) is 8.27. The van der Waals surface area contributed by atoms with Crippen LogP contribution in [0.25, 0.3) is 0 Å². The molecule has 1 aliphatic carbocycles. The monoisotopic (exact) mass is 294 g/mol. The standard InChI is InChI=1S/C14H19BrN2/c1-10-9-12(7-8-13(10)15)17-14(16)11-5-3-2-4-6-11/h7-9,11H,2-6H2,1H3,(H2,16,17). The fourth-order valence-electron chi connectivity index (χ4n) is 2.34. The summed E-state index contributed by atoms with van der Waals surface area (Å²) < 4.78 is 1.12. The molecule has 0 atom stereocenters. The highest BCUT2D eigenvalue weighted by molar-refractivity contribution is 9.10. The summed E-state index contributed by atoms with van der Waals surface area (Å²) in [7, 11) is 0. The Bertz CT molecular complexity index is 420. The molecule has 1 saturated carbocycles. The maximum Gasteiger partial charge on any atom is 0.103 e. The fourth-order valence-corrected chi connectivity index (χ4v) is 2.58. The zero-order valence-electron chi connectivity index (χ0n) is 10.2. The van der Waals surface area contributed by atoms with Gasteiger partial charge < -0.3 is 5.73 Å². The molecule has 0 bridgehead atoms. The van der Waals surface area contributed by atoms with Crippen molar-refractivity contribution in [2.45, 2.75) is 39.0 Å². The highest BCUT2D eigenvalue weighted by Gasteiger charge is 2.16. The van der Waals surface area contributed by atoms with Gasteiger partial charge in [0.15, 0.2) is 0 Å². The number of hydrogen-bond donors (Lipinski definition) is 1. The zero-order chi connectivity index (χ0) is 12.3. The summed E-state index contributed by atoms with van der Waals surface area (Å²) in [6.07, 6.45) is 6.33. The van der Waals surface area contributed by atoms with Crippen molar-refractivity contribution in [3.05, 3.63) is 28.2 Å². The summed E-state index contributed by atoms with van der Waals surface area (Å²) in [6.45, 7) is 2.07. The maximum absolute atomic E-state index is 6.11. The molecule has 0 unspecified atom stereocenters. The number of rotatable bonds is 2. The third kappa shape index (κ3) is 3.32. The summed E-state index contributed by atoms with van der Waals surface area (Å²) in [4.78, 5) is 4.56. The lowest BCUT2D eigenvalue weighted by molar-refractivity contribution is 0.437. The molecule has 92 valence electrons. The molecule has 2 N–H and O–H groups in total. The van der Waals surface area contributed by atoms with Crippen LogP contribution in [-0.4, -0.2) is 5.84 Å². The molecule has 0 radical (unpaired) electrons. The van der Waals surface area contributed by atoms with E-state index in [1.54, 1.807) is 0 Å². The molecule has 1 aromatic rings. The second-order valence-electron chi connectivity index (χ2n) is 4.81. The van der Waals surface area contributed by atoms with Crippen LogP contribution in [0.1, 0.15) is 37.7 Å². The van der Waals surface area contributed by atoms with Gasteiger partial charge in [-0.15, -0.1) is 0 Å². The first-order chi connectivity index (χ1) is 8.16. The van der Waals surface area contributed by atoms with Gasteiger partial charge in [-0.25, -0.2) is 4.99 Å². The Kier molecular flexibility index (Phi) is 4.21. The summed E-state index contributed by atoms with van der Waals surface area (Å²) in [5, 5.41) is 0. The van der Waals surface area contributed by atoms with Gasteiger partial charge in [0.25, 0.3) is 0 Å². The van der Waals surface area contributed by atoms with Crippen molar-refractivity contribution < 1.29 is 0 Å². The number of hydrogen-bond acceptors (Lipinski definition) is 1. The average molecular weight is 295 g/mol. The van der Waals surface area contributed by atoms with Gasteiger partial charge in [0.1, 0.15) is 5.84 Å². The molecular weight excluding hydrogens is 276 g/mol. The number of benzene rings is 1. The minimum absolute atomic E-state index is 0.493. The number of nitrogens with two attached hydrogens (primary N) is 1. The van der Waals surface area contributed by atoms with Crippen LogP contribution in [0.5, 0.6) is 0 Å². The largest absolute Gasteiger partial charge is 0.387 e. The predicted molar refractivity (Wildman–Crippen MR) is 76.7 cm³/mol. The molecule has 0 amide bonds. The minimum Gasteiger partial charge on any atom is -0.387 e. The van der Waals surface area contributed by atoms with Crippen LogP contribution in [-0.2, 0) is 0 Å². The molecule has 0 saturated heterocycles. The zero-order valence-corrected chi connectivity index (χ0v) is 11.8. The quantitative estimate of drug-likeness (QED) is 0.640.